The van der Waals surface area contributed by atoms with Crippen molar-refractivity contribution in [3.63, 3.8) is 0 Å². The molecular weight excluding hydrogens is 348 g/mol. The number of likely N-dealkylation sites (tertiary alicyclic amines) is 1. The molecule has 1 saturated heterocycles. The van der Waals surface area contributed by atoms with Crippen LogP contribution in [0.25, 0.3) is 0 Å². The number of anilines is 1. The maximum atomic E-state index is 12.7. The van der Waals surface area contributed by atoms with Crippen LogP contribution in [0.4, 0.5) is 5.82 Å². The normalized spacial score (nSPS) is 17.3. The van der Waals surface area contributed by atoms with Gasteiger partial charge in [0.25, 0.3) is 5.91 Å². The van der Waals surface area contributed by atoms with E-state index in [0.29, 0.717) is 24.6 Å². The molecule has 6 nitrogen and oxygen atoms in total. The van der Waals surface area contributed by atoms with Gasteiger partial charge in [0.05, 0.1) is 24.4 Å². The van der Waals surface area contributed by atoms with Crippen LogP contribution in [0.2, 0.25) is 0 Å². The number of methoxy groups -OCH3 is 1. The Morgan fingerprint density at radius 1 is 1.46 bits per heavy atom. The maximum absolute atomic E-state index is 12.7. The van der Waals surface area contributed by atoms with Gasteiger partial charge in [0.2, 0.25) is 0 Å². The molecule has 3 rings (SSSR count). The fraction of sp³-hybridized carbons (Fsp3) is 0.526. The number of thiazole rings is 1. The van der Waals surface area contributed by atoms with Crippen molar-refractivity contribution in [2.75, 3.05) is 32.1 Å². The van der Waals surface area contributed by atoms with Crippen LogP contribution >= 0.6 is 11.3 Å². The van der Waals surface area contributed by atoms with Crippen molar-refractivity contribution in [1.29, 1.82) is 0 Å². The number of carbonyl (C=O) groups is 1. The van der Waals surface area contributed by atoms with Gasteiger partial charge in [-0.05, 0) is 37.3 Å². The lowest BCUT2D eigenvalue weighted by atomic mass is 9.98. The number of nitrogens with one attached hydrogen (secondary N) is 1. The molecule has 1 fully saturated rings. The van der Waals surface area contributed by atoms with Gasteiger partial charge < -0.3 is 15.0 Å². The summed E-state index contributed by atoms with van der Waals surface area (Å²) >= 11 is 1.65. The highest BCUT2D eigenvalue weighted by Gasteiger charge is 2.24. The number of aromatic nitrogens is 2. The van der Waals surface area contributed by atoms with Crippen molar-refractivity contribution in [3.8, 4) is 0 Å². The van der Waals surface area contributed by atoms with E-state index in [9.17, 15) is 4.79 Å². The molecule has 7 heteroatoms. The number of carbonyl (C=O) groups excluding carboxylic acids is 1. The first kappa shape index (κ1) is 18.8. The monoisotopic (exact) mass is 374 g/mol. The number of hydrogen-bond donors (Lipinski definition) is 1. The molecule has 0 aliphatic carbocycles. The lowest BCUT2D eigenvalue weighted by Gasteiger charge is -2.32. The summed E-state index contributed by atoms with van der Waals surface area (Å²) in [5.74, 6) is 1.24. The number of pyridine rings is 1. The zero-order chi connectivity index (χ0) is 18.4. The summed E-state index contributed by atoms with van der Waals surface area (Å²) in [6.07, 6.45) is 4.76. The second-order valence-electron chi connectivity index (χ2n) is 6.59. The van der Waals surface area contributed by atoms with E-state index in [-0.39, 0.29) is 5.91 Å². The molecule has 2 aromatic rings. The third-order valence-corrected chi connectivity index (χ3v) is 5.50. The maximum Gasteiger partial charge on any atom is 0.255 e. The third kappa shape index (κ3) is 4.80. The standard InChI is InChI=1S/C19H26N4O2S/c1-3-16-13-26-18(22-16)10-21-17-7-6-15(9-20-17)19(24)23-8-4-5-14(11-23)12-25-2/h6-7,9,13-14H,3-5,8,10-12H2,1-2H3,(H,20,21)/t14-/m0/s1. The molecule has 1 aliphatic rings. The Hall–Kier alpha value is -1.99. The fourth-order valence-electron chi connectivity index (χ4n) is 3.19. The fourth-order valence-corrected chi connectivity index (χ4v) is 4.00. The quantitative estimate of drug-likeness (QED) is 0.806. The minimum atomic E-state index is 0.0531. The molecule has 0 aromatic carbocycles. The van der Waals surface area contributed by atoms with Crippen LogP contribution in [0.3, 0.4) is 0 Å². The van der Waals surface area contributed by atoms with Crippen LogP contribution in [0.1, 0.15) is 40.8 Å². The Balaban J connectivity index is 1.55. The lowest BCUT2D eigenvalue weighted by molar-refractivity contribution is 0.0570. The number of piperidine rings is 1. The summed E-state index contributed by atoms with van der Waals surface area (Å²) in [7, 11) is 1.71. The van der Waals surface area contributed by atoms with E-state index in [1.54, 1.807) is 24.6 Å². The van der Waals surface area contributed by atoms with Gasteiger partial charge in [0.15, 0.2) is 0 Å². The average molecular weight is 375 g/mol. The summed E-state index contributed by atoms with van der Waals surface area (Å²) < 4.78 is 5.24. The van der Waals surface area contributed by atoms with Gasteiger partial charge in [-0.3, -0.25) is 4.79 Å². The molecular formula is C19H26N4O2S. The molecule has 0 spiro atoms. The van der Waals surface area contributed by atoms with Crippen molar-refractivity contribution >= 4 is 23.1 Å². The Morgan fingerprint density at radius 2 is 2.35 bits per heavy atom. The SMILES string of the molecule is CCc1csc(CNc2ccc(C(=O)N3CCC[C@H](COC)C3)cn2)n1. The molecule has 0 unspecified atom stereocenters. The molecule has 2 aromatic heterocycles. The largest absolute Gasteiger partial charge is 0.384 e. The third-order valence-electron chi connectivity index (χ3n) is 4.60. The first-order valence-electron chi connectivity index (χ1n) is 9.11. The van der Waals surface area contributed by atoms with Gasteiger partial charge in [0.1, 0.15) is 10.8 Å². The van der Waals surface area contributed by atoms with Crippen LogP contribution in [-0.4, -0.2) is 47.6 Å². The van der Waals surface area contributed by atoms with Crippen LogP contribution in [0.5, 0.6) is 0 Å². The molecule has 140 valence electrons. The highest BCUT2D eigenvalue weighted by Crippen LogP contribution is 2.19. The molecule has 1 N–H and O–H groups in total. The van der Waals surface area contributed by atoms with Gasteiger partial charge in [-0.15, -0.1) is 11.3 Å². The number of rotatable bonds is 7. The van der Waals surface area contributed by atoms with Crippen molar-refractivity contribution in [3.05, 3.63) is 40.0 Å². The minimum Gasteiger partial charge on any atom is -0.384 e. The summed E-state index contributed by atoms with van der Waals surface area (Å²) in [6, 6.07) is 3.70. The molecule has 0 saturated carbocycles. The van der Waals surface area contributed by atoms with Crippen LogP contribution in [0.15, 0.2) is 23.7 Å². The van der Waals surface area contributed by atoms with Crippen molar-refractivity contribution in [1.82, 2.24) is 14.9 Å². The number of aryl methyl sites for hydroxylation is 1. The molecule has 1 amide bonds. The van der Waals surface area contributed by atoms with Gasteiger partial charge in [-0.1, -0.05) is 6.92 Å². The van der Waals surface area contributed by atoms with Crippen molar-refractivity contribution in [2.45, 2.75) is 32.7 Å². The highest BCUT2D eigenvalue weighted by atomic mass is 32.1. The lowest BCUT2D eigenvalue weighted by Crippen LogP contribution is -2.41. The highest BCUT2D eigenvalue weighted by molar-refractivity contribution is 7.09. The van der Waals surface area contributed by atoms with Gasteiger partial charge in [0, 0.05) is 31.8 Å². The van der Waals surface area contributed by atoms with Gasteiger partial charge >= 0.3 is 0 Å². The Morgan fingerprint density at radius 3 is 3.04 bits per heavy atom. The average Bonchev–Trinajstić information content (AvgIpc) is 3.15. The van der Waals surface area contributed by atoms with Gasteiger partial charge in [-0.25, -0.2) is 9.97 Å². The Labute approximate surface area is 158 Å². The van der Waals surface area contributed by atoms with Crippen LogP contribution < -0.4 is 5.32 Å². The predicted octanol–water partition coefficient (Wildman–Crippen LogP) is 3.21. The van der Waals surface area contributed by atoms with E-state index in [1.807, 2.05) is 17.0 Å². The van der Waals surface area contributed by atoms with Gasteiger partial charge in [-0.2, -0.15) is 0 Å². The molecule has 1 aliphatic heterocycles. The molecule has 1 atom stereocenters. The Kier molecular flexibility index (Phi) is 6.57. The second kappa shape index (κ2) is 9.09. The first-order valence-corrected chi connectivity index (χ1v) is 9.99. The van der Waals surface area contributed by atoms with Crippen LogP contribution in [-0.2, 0) is 17.7 Å². The summed E-state index contributed by atoms with van der Waals surface area (Å²) in [4.78, 5) is 23.5. The number of ether oxygens (including phenoxy) is 1. The second-order valence-corrected chi connectivity index (χ2v) is 7.53. The van der Waals surface area contributed by atoms with Crippen molar-refractivity contribution < 1.29 is 9.53 Å². The number of amides is 1. The van der Waals surface area contributed by atoms with Crippen LogP contribution in [0, 0.1) is 5.92 Å². The zero-order valence-electron chi connectivity index (χ0n) is 15.4. The molecule has 3 heterocycles. The van der Waals surface area contributed by atoms with E-state index in [2.05, 4.69) is 27.6 Å². The number of nitrogens with zero attached hydrogens (tertiary/aromatic N) is 3. The summed E-state index contributed by atoms with van der Waals surface area (Å²) in [6.45, 7) is 5.03. The van der Waals surface area contributed by atoms with E-state index < -0.39 is 0 Å². The summed E-state index contributed by atoms with van der Waals surface area (Å²) in [5.41, 5.74) is 1.75. The smallest absolute Gasteiger partial charge is 0.255 e. The Bertz CT molecular complexity index is 715. The first-order chi connectivity index (χ1) is 12.7. The molecule has 26 heavy (non-hydrogen) atoms. The minimum absolute atomic E-state index is 0.0531. The van der Waals surface area contributed by atoms with E-state index in [0.717, 1.165) is 48.9 Å². The topological polar surface area (TPSA) is 67.4 Å². The summed E-state index contributed by atoms with van der Waals surface area (Å²) in [5, 5.41) is 6.39. The number of hydrogen-bond acceptors (Lipinski definition) is 6. The van der Waals surface area contributed by atoms with Crippen molar-refractivity contribution in [2.24, 2.45) is 5.92 Å². The molecule has 0 radical (unpaired) electrons. The van der Waals surface area contributed by atoms with E-state index in [4.69, 9.17) is 4.74 Å². The van der Waals surface area contributed by atoms with E-state index in [1.165, 1.54) is 0 Å². The zero-order valence-corrected chi connectivity index (χ0v) is 16.2. The van der Waals surface area contributed by atoms with E-state index >= 15 is 0 Å². The molecule has 0 bridgehead atoms. The predicted molar refractivity (Wildman–Crippen MR) is 104 cm³/mol.